The topological polar surface area (TPSA) is 52.6 Å². The Bertz CT molecular complexity index is 137. The quantitative estimate of drug-likeness (QED) is 0.436. The van der Waals surface area contributed by atoms with Gasteiger partial charge in [0.15, 0.2) is 0 Å². The molecule has 0 radical (unpaired) electrons. The van der Waals surface area contributed by atoms with Crippen LogP contribution in [0.4, 0.5) is 0 Å². The second-order valence-corrected chi connectivity index (χ2v) is 2.25. The Morgan fingerprint density at radius 1 is 1.67 bits per heavy atom. The number of rotatable bonds is 0. The van der Waals surface area contributed by atoms with Gasteiger partial charge in [0.05, 0.1) is 6.04 Å². The number of amides is 1. The molecule has 1 saturated heterocycles. The fourth-order valence-electron chi connectivity index (χ4n) is 0.893. The first kappa shape index (κ1) is 6.51. The van der Waals surface area contributed by atoms with Crippen LogP contribution in [0.15, 0.2) is 0 Å². The summed E-state index contributed by atoms with van der Waals surface area (Å²) < 4.78 is 0. The standard InChI is InChI=1S/C5H10N2O2/c1-3-5(8)7(9)4(2)6-3/h3-4,6,9H,1-2H3/t3-,4+/m0/s1. The van der Waals surface area contributed by atoms with Crippen LogP contribution in [0.1, 0.15) is 13.8 Å². The predicted molar refractivity (Wildman–Crippen MR) is 30.7 cm³/mol. The summed E-state index contributed by atoms with van der Waals surface area (Å²) in [5.74, 6) is -0.262. The van der Waals surface area contributed by atoms with E-state index in [0.717, 1.165) is 0 Å². The maximum Gasteiger partial charge on any atom is 0.264 e. The van der Waals surface area contributed by atoms with Crippen molar-refractivity contribution in [1.29, 1.82) is 0 Å². The lowest BCUT2D eigenvalue weighted by Crippen LogP contribution is -2.31. The molecule has 1 aliphatic rings. The van der Waals surface area contributed by atoms with Gasteiger partial charge in [0.1, 0.15) is 6.17 Å². The Balaban J connectivity index is 2.65. The lowest BCUT2D eigenvalue weighted by molar-refractivity contribution is -0.164. The van der Waals surface area contributed by atoms with Gasteiger partial charge in [-0.25, -0.2) is 5.06 Å². The molecule has 9 heavy (non-hydrogen) atoms. The molecule has 1 heterocycles. The molecule has 4 heteroatoms. The summed E-state index contributed by atoms with van der Waals surface area (Å²) in [5.41, 5.74) is 0. The van der Waals surface area contributed by atoms with Crippen LogP contribution >= 0.6 is 0 Å². The summed E-state index contributed by atoms with van der Waals surface area (Å²) in [6, 6.07) is -0.245. The number of hydrogen-bond donors (Lipinski definition) is 2. The van der Waals surface area contributed by atoms with Crippen LogP contribution in [0.25, 0.3) is 0 Å². The van der Waals surface area contributed by atoms with E-state index in [0.29, 0.717) is 5.06 Å². The molecule has 2 atom stereocenters. The molecular formula is C5H10N2O2. The van der Waals surface area contributed by atoms with E-state index in [1.807, 2.05) is 0 Å². The van der Waals surface area contributed by atoms with Crippen LogP contribution in [-0.4, -0.2) is 28.4 Å². The summed E-state index contributed by atoms with van der Waals surface area (Å²) in [5, 5.41) is 12.4. The largest absolute Gasteiger partial charge is 0.284 e. The highest BCUT2D eigenvalue weighted by Crippen LogP contribution is 2.05. The second kappa shape index (κ2) is 1.97. The molecule has 1 aliphatic heterocycles. The van der Waals surface area contributed by atoms with Crippen LogP contribution in [-0.2, 0) is 4.79 Å². The third-order valence-corrected chi connectivity index (χ3v) is 1.45. The number of nitrogens with one attached hydrogen (secondary N) is 1. The molecule has 0 saturated carbocycles. The molecule has 1 rings (SSSR count). The van der Waals surface area contributed by atoms with Gasteiger partial charge < -0.3 is 0 Å². The Kier molecular flexibility index (Phi) is 1.42. The van der Waals surface area contributed by atoms with Crippen molar-refractivity contribution in [2.75, 3.05) is 0 Å². The molecule has 4 nitrogen and oxygen atoms in total. The van der Waals surface area contributed by atoms with Crippen LogP contribution < -0.4 is 5.32 Å². The van der Waals surface area contributed by atoms with Gasteiger partial charge in [0.25, 0.3) is 5.91 Å². The first-order chi connectivity index (χ1) is 4.13. The van der Waals surface area contributed by atoms with Crippen molar-refractivity contribution in [2.24, 2.45) is 0 Å². The first-order valence-electron chi connectivity index (χ1n) is 2.91. The molecule has 0 unspecified atom stereocenters. The predicted octanol–water partition coefficient (Wildman–Crippen LogP) is -0.458. The van der Waals surface area contributed by atoms with Crippen LogP contribution in [0, 0.1) is 0 Å². The van der Waals surface area contributed by atoms with Gasteiger partial charge in [-0.3, -0.25) is 15.3 Å². The van der Waals surface area contributed by atoms with Gasteiger partial charge in [0, 0.05) is 0 Å². The second-order valence-electron chi connectivity index (χ2n) is 2.25. The Labute approximate surface area is 53.4 Å². The van der Waals surface area contributed by atoms with Crippen molar-refractivity contribution >= 4 is 5.91 Å². The molecule has 0 bridgehead atoms. The fraction of sp³-hybridized carbons (Fsp3) is 0.800. The van der Waals surface area contributed by atoms with Crippen molar-refractivity contribution in [1.82, 2.24) is 10.4 Å². The minimum atomic E-state index is -0.262. The number of hydroxylamine groups is 2. The van der Waals surface area contributed by atoms with Gasteiger partial charge >= 0.3 is 0 Å². The van der Waals surface area contributed by atoms with E-state index in [-0.39, 0.29) is 18.1 Å². The normalized spacial score (nSPS) is 35.9. The zero-order chi connectivity index (χ0) is 7.02. The van der Waals surface area contributed by atoms with Gasteiger partial charge in [-0.05, 0) is 13.8 Å². The molecule has 0 aliphatic carbocycles. The van der Waals surface area contributed by atoms with Gasteiger partial charge in [-0.1, -0.05) is 0 Å². The average Bonchev–Trinajstić information content (AvgIpc) is 1.98. The third kappa shape index (κ3) is 0.906. The lowest BCUT2D eigenvalue weighted by Gasteiger charge is -2.09. The van der Waals surface area contributed by atoms with Crippen molar-refractivity contribution in [3.8, 4) is 0 Å². The third-order valence-electron chi connectivity index (χ3n) is 1.45. The van der Waals surface area contributed by atoms with E-state index in [1.54, 1.807) is 13.8 Å². The zero-order valence-electron chi connectivity index (χ0n) is 5.46. The van der Waals surface area contributed by atoms with E-state index in [2.05, 4.69) is 5.32 Å². The highest BCUT2D eigenvalue weighted by molar-refractivity contribution is 5.82. The van der Waals surface area contributed by atoms with Gasteiger partial charge in [-0.15, -0.1) is 0 Å². The maximum atomic E-state index is 10.7. The van der Waals surface area contributed by atoms with Crippen LogP contribution in [0.5, 0.6) is 0 Å². The Morgan fingerprint density at radius 3 is 2.33 bits per heavy atom. The molecule has 0 spiro atoms. The van der Waals surface area contributed by atoms with E-state index in [1.165, 1.54) is 0 Å². The fourth-order valence-corrected chi connectivity index (χ4v) is 0.893. The van der Waals surface area contributed by atoms with Crippen LogP contribution in [0.3, 0.4) is 0 Å². The van der Waals surface area contributed by atoms with Crippen LogP contribution in [0.2, 0.25) is 0 Å². The van der Waals surface area contributed by atoms with Crippen molar-refractivity contribution in [2.45, 2.75) is 26.1 Å². The van der Waals surface area contributed by atoms with E-state index >= 15 is 0 Å². The van der Waals surface area contributed by atoms with E-state index in [9.17, 15) is 4.79 Å². The summed E-state index contributed by atoms with van der Waals surface area (Å²) in [6.07, 6.45) is -0.243. The van der Waals surface area contributed by atoms with Crippen molar-refractivity contribution in [3.05, 3.63) is 0 Å². The lowest BCUT2D eigenvalue weighted by atomic mass is 10.4. The molecule has 0 aromatic heterocycles. The number of hydrogen-bond acceptors (Lipinski definition) is 3. The number of nitrogens with zero attached hydrogens (tertiary/aromatic N) is 1. The van der Waals surface area contributed by atoms with Gasteiger partial charge in [0.2, 0.25) is 0 Å². The van der Waals surface area contributed by atoms with Crippen molar-refractivity contribution < 1.29 is 10.0 Å². The highest BCUT2D eigenvalue weighted by Gasteiger charge is 2.31. The summed E-state index contributed by atoms with van der Waals surface area (Å²) in [4.78, 5) is 10.7. The Hall–Kier alpha value is -0.610. The summed E-state index contributed by atoms with van der Waals surface area (Å²) in [6.45, 7) is 3.44. The molecule has 0 aromatic rings. The minimum absolute atomic E-state index is 0.243. The first-order valence-corrected chi connectivity index (χ1v) is 2.91. The Morgan fingerprint density at radius 2 is 2.22 bits per heavy atom. The molecular weight excluding hydrogens is 120 g/mol. The van der Waals surface area contributed by atoms with Gasteiger partial charge in [-0.2, -0.15) is 0 Å². The monoisotopic (exact) mass is 130 g/mol. The highest BCUT2D eigenvalue weighted by atomic mass is 16.5. The maximum absolute atomic E-state index is 10.7. The minimum Gasteiger partial charge on any atom is -0.284 e. The molecule has 1 amide bonds. The van der Waals surface area contributed by atoms with E-state index in [4.69, 9.17) is 5.21 Å². The molecule has 52 valence electrons. The van der Waals surface area contributed by atoms with Crippen molar-refractivity contribution in [3.63, 3.8) is 0 Å². The molecule has 1 fully saturated rings. The van der Waals surface area contributed by atoms with E-state index < -0.39 is 0 Å². The summed E-state index contributed by atoms with van der Waals surface area (Å²) >= 11 is 0. The number of carbonyl (C=O) groups is 1. The SMILES string of the molecule is C[C@@H]1N[C@@H](C)N(O)C1=O. The average molecular weight is 130 g/mol. The zero-order valence-corrected chi connectivity index (χ0v) is 5.46. The smallest absolute Gasteiger partial charge is 0.264 e. The molecule has 0 aromatic carbocycles. The number of carbonyl (C=O) groups excluding carboxylic acids is 1. The summed E-state index contributed by atoms with van der Waals surface area (Å²) in [7, 11) is 0. The molecule has 2 N–H and O–H groups in total.